The Bertz CT molecular complexity index is 430. The van der Waals surface area contributed by atoms with E-state index in [-0.39, 0.29) is 5.82 Å². The van der Waals surface area contributed by atoms with Gasteiger partial charge in [-0.2, -0.15) is 0 Å². The summed E-state index contributed by atoms with van der Waals surface area (Å²) in [5, 5.41) is 3.88. The monoisotopic (exact) mass is 297 g/mol. The number of benzene rings is 1. The van der Waals surface area contributed by atoms with Crippen molar-refractivity contribution >= 4 is 17.3 Å². The Labute approximate surface area is 126 Å². The van der Waals surface area contributed by atoms with E-state index >= 15 is 0 Å². The lowest BCUT2D eigenvalue weighted by Crippen LogP contribution is -2.32. The van der Waals surface area contributed by atoms with Crippen molar-refractivity contribution in [1.29, 1.82) is 0 Å². The molecule has 0 saturated heterocycles. The zero-order valence-electron chi connectivity index (χ0n) is 12.7. The van der Waals surface area contributed by atoms with Gasteiger partial charge >= 0.3 is 0 Å². The average Bonchev–Trinajstić information content (AvgIpc) is 2.38. The van der Waals surface area contributed by atoms with Crippen molar-refractivity contribution in [2.75, 3.05) is 5.32 Å². The molecule has 0 aromatic heterocycles. The summed E-state index contributed by atoms with van der Waals surface area (Å²) >= 11 is 5.89. The molecule has 112 valence electrons. The van der Waals surface area contributed by atoms with Gasteiger partial charge in [-0.25, -0.2) is 4.39 Å². The van der Waals surface area contributed by atoms with Gasteiger partial charge in [0.2, 0.25) is 0 Å². The van der Waals surface area contributed by atoms with Gasteiger partial charge in [0, 0.05) is 16.8 Å². The topological polar surface area (TPSA) is 12.0 Å². The first-order valence-electron chi connectivity index (χ1n) is 7.63. The number of halogens is 2. The first kappa shape index (κ1) is 15.6. The van der Waals surface area contributed by atoms with Crippen LogP contribution in [0.4, 0.5) is 10.1 Å². The van der Waals surface area contributed by atoms with Gasteiger partial charge in [-0.3, -0.25) is 0 Å². The van der Waals surface area contributed by atoms with E-state index in [0.29, 0.717) is 16.5 Å². The summed E-state index contributed by atoms with van der Waals surface area (Å²) in [4.78, 5) is 0. The summed E-state index contributed by atoms with van der Waals surface area (Å²) in [6.45, 7) is 7.02. The smallest absolute Gasteiger partial charge is 0.126 e. The molecule has 1 aromatic rings. The Kier molecular flexibility index (Phi) is 4.95. The fourth-order valence-corrected chi connectivity index (χ4v) is 3.40. The van der Waals surface area contributed by atoms with Crippen molar-refractivity contribution in [3.8, 4) is 0 Å². The Morgan fingerprint density at radius 1 is 1.20 bits per heavy atom. The second-order valence-corrected chi connectivity index (χ2v) is 7.13. The highest BCUT2D eigenvalue weighted by Gasteiger charge is 2.31. The molecule has 1 aliphatic carbocycles. The maximum absolute atomic E-state index is 13.3. The number of hydrogen-bond acceptors (Lipinski definition) is 1. The van der Waals surface area contributed by atoms with Crippen LogP contribution in [0.15, 0.2) is 18.2 Å². The fourth-order valence-electron chi connectivity index (χ4n) is 3.18. The molecule has 20 heavy (non-hydrogen) atoms. The predicted octanol–water partition coefficient (Wildman–Crippen LogP) is 5.89. The molecule has 1 aliphatic rings. The Balaban J connectivity index is 1.91. The minimum atomic E-state index is -0.277. The second kappa shape index (κ2) is 6.34. The SMILES string of the molecule is CCC(C)(C)C1CCC(Nc2cc(F)cc(Cl)c2)CC1. The van der Waals surface area contributed by atoms with E-state index in [1.165, 1.54) is 31.4 Å². The third-order valence-electron chi connectivity index (χ3n) is 4.98. The molecule has 1 nitrogen and oxygen atoms in total. The van der Waals surface area contributed by atoms with Crippen LogP contribution in [0.1, 0.15) is 52.9 Å². The molecule has 1 N–H and O–H groups in total. The van der Waals surface area contributed by atoms with E-state index in [9.17, 15) is 4.39 Å². The van der Waals surface area contributed by atoms with Crippen LogP contribution in [0, 0.1) is 17.2 Å². The molecular formula is C17H25ClFN. The minimum absolute atomic E-state index is 0.277. The maximum Gasteiger partial charge on any atom is 0.126 e. The fraction of sp³-hybridized carbons (Fsp3) is 0.647. The molecule has 1 aromatic carbocycles. The third kappa shape index (κ3) is 3.88. The van der Waals surface area contributed by atoms with Crippen LogP contribution in [0.2, 0.25) is 5.02 Å². The van der Waals surface area contributed by atoms with Crippen molar-refractivity contribution < 1.29 is 4.39 Å². The van der Waals surface area contributed by atoms with Crippen LogP contribution in [0.3, 0.4) is 0 Å². The summed E-state index contributed by atoms with van der Waals surface area (Å²) in [5.41, 5.74) is 1.24. The molecule has 0 bridgehead atoms. The molecule has 3 heteroatoms. The molecule has 0 unspecified atom stereocenters. The maximum atomic E-state index is 13.3. The van der Waals surface area contributed by atoms with E-state index in [2.05, 4.69) is 26.1 Å². The lowest BCUT2D eigenvalue weighted by atomic mass is 9.69. The second-order valence-electron chi connectivity index (χ2n) is 6.69. The number of nitrogens with one attached hydrogen (secondary N) is 1. The molecule has 0 radical (unpaired) electrons. The van der Waals surface area contributed by atoms with Gasteiger partial charge < -0.3 is 5.32 Å². The molecule has 1 fully saturated rings. The largest absolute Gasteiger partial charge is 0.382 e. The summed E-state index contributed by atoms with van der Waals surface area (Å²) in [6.07, 6.45) is 6.04. The van der Waals surface area contributed by atoms with Gasteiger partial charge in [-0.05, 0) is 55.2 Å². The van der Waals surface area contributed by atoms with Crippen LogP contribution in [-0.2, 0) is 0 Å². The first-order chi connectivity index (χ1) is 9.40. The van der Waals surface area contributed by atoms with Crippen LogP contribution in [0.5, 0.6) is 0 Å². The normalized spacial score (nSPS) is 23.6. The lowest BCUT2D eigenvalue weighted by Gasteiger charge is -2.39. The highest BCUT2D eigenvalue weighted by Crippen LogP contribution is 2.41. The van der Waals surface area contributed by atoms with Gasteiger partial charge in [0.05, 0.1) is 0 Å². The molecule has 0 spiro atoms. The van der Waals surface area contributed by atoms with Crippen molar-refractivity contribution in [1.82, 2.24) is 0 Å². The number of anilines is 1. The van der Waals surface area contributed by atoms with Crippen LogP contribution >= 0.6 is 11.6 Å². The van der Waals surface area contributed by atoms with Crippen molar-refractivity contribution in [2.24, 2.45) is 11.3 Å². The van der Waals surface area contributed by atoms with Crippen LogP contribution in [-0.4, -0.2) is 6.04 Å². The van der Waals surface area contributed by atoms with Gasteiger partial charge in [-0.1, -0.05) is 38.8 Å². The quantitative estimate of drug-likeness (QED) is 0.731. The van der Waals surface area contributed by atoms with Gasteiger partial charge in [-0.15, -0.1) is 0 Å². The molecule has 2 rings (SSSR count). The van der Waals surface area contributed by atoms with Crippen molar-refractivity contribution in [3.05, 3.63) is 29.0 Å². The van der Waals surface area contributed by atoms with Gasteiger partial charge in [0.25, 0.3) is 0 Å². The van der Waals surface area contributed by atoms with E-state index in [4.69, 9.17) is 11.6 Å². The van der Waals surface area contributed by atoms with Crippen molar-refractivity contribution in [3.63, 3.8) is 0 Å². The van der Waals surface area contributed by atoms with Gasteiger partial charge in [0.1, 0.15) is 5.82 Å². The highest BCUT2D eigenvalue weighted by atomic mass is 35.5. The zero-order chi connectivity index (χ0) is 14.8. The van der Waals surface area contributed by atoms with E-state index < -0.39 is 0 Å². The summed E-state index contributed by atoms with van der Waals surface area (Å²) in [7, 11) is 0. The summed E-state index contributed by atoms with van der Waals surface area (Å²) in [5.74, 6) is 0.530. The molecular weight excluding hydrogens is 273 g/mol. The first-order valence-corrected chi connectivity index (χ1v) is 8.01. The van der Waals surface area contributed by atoms with Crippen LogP contribution < -0.4 is 5.32 Å². The molecule has 1 saturated carbocycles. The summed E-state index contributed by atoms with van der Waals surface area (Å²) in [6, 6.07) is 5.10. The minimum Gasteiger partial charge on any atom is -0.382 e. The Hall–Kier alpha value is -0.760. The zero-order valence-corrected chi connectivity index (χ0v) is 13.4. The summed E-state index contributed by atoms with van der Waals surface area (Å²) < 4.78 is 13.3. The Morgan fingerprint density at radius 2 is 1.85 bits per heavy atom. The predicted molar refractivity (Wildman–Crippen MR) is 84.9 cm³/mol. The van der Waals surface area contributed by atoms with Crippen LogP contribution in [0.25, 0.3) is 0 Å². The van der Waals surface area contributed by atoms with E-state index in [1.54, 1.807) is 6.07 Å². The number of rotatable bonds is 4. The Morgan fingerprint density at radius 3 is 2.40 bits per heavy atom. The van der Waals surface area contributed by atoms with E-state index in [0.717, 1.165) is 24.4 Å². The molecule has 0 atom stereocenters. The lowest BCUT2D eigenvalue weighted by molar-refractivity contribution is 0.147. The average molecular weight is 298 g/mol. The third-order valence-corrected chi connectivity index (χ3v) is 5.20. The standard InChI is InChI=1S/C17H25ClFN/c1-4-17(2,3)12-5-7-15(8-6-12)20-16-10-13(18)9-14(19)11-16/h9-12,15,20H,4-8H2,1-3H3. The highest BCUT2D eigenvalue weighted by molar-refractivity contribution is 6.30. The molecule has 0 amide bonds. The number of hydrogen-bond donors (Lipinski definition) is 1. The van der Waals surface area contributed by atoms with Crippen molar-refractivity contribution in [2.45, 2.75) is 58.9 Å². The molecule has 0 heterocycles. The molecule has 0 aliphatic heterocycles. The van der Waals surface area contributed by atoms with E-state index in [1.807, 2.05) is 0 Å². The van der Waals surface area contributed by atoms with Gasteiger partial charge in [0.15, 0.2) is 0 Å².